The lowest BCUT2D eigenvalue weighted by atomic mass is 10.5. The molecular weight excluding hydrogens is 156 g/mol. The molecule has 1 atom stereocenters. The van der Waals surface area contributed by atoms with Crippen LogP contribution in [0.15, 0.2) is 0 Å². The zero-order valence-corrected chi connectivity index (χ0v) is 6.94. The Labute approximate surface area is 60.1 Å². The summed E-state index contributed by atoms with van der Waals surface area (Å²) >= 11 is 0. The van der Waals surface area contributed by atoms with Crippen LogP contribution in [0.2, 0.25) is 0 Å². The van der Waals surface area contributed by atoms with Gasteiger partial charge in [0.2, 0.25) is 0 Å². The van der Waals surface area contributed by atoms with E-state index in [4.69, 9.17) is 0 Å². The third-order valence-corrected chi connectivity index (χ3v) is 2.65. The van der Waals surface area contributed by atoms with Gasteiger partial charge in [0.1, 0.15) is 0 Å². The van der Waals surface area contributed by atoms with E-state index in [2.05, 4.69) is 4.74 Å². The van der Waals surface area contributed by atoms with Crippen molar-refractivity contribution in [1.29, 1.82) is 0 Å². The summed E-state index contributed by atoms with van der Waals surface area (Å²) in [6, 6.07) is 0. The fourth-order valence-corrected chi connectivity index (χ4v) is 0.787. The molecule has 0 aromatic rings. The molecule has 0 aliphatic rings. The number of rotatable bonds is 2. The van der Waals surface area contributed by atoms with E-state index in [0.717, 1.165) is 13.4 Å². The summed E-state index contributed by atoms with van der Waals surface area (Å²) in [7, 11) is -2.13. The smallest absolute Gasteiger partial charge is 0.323 e. The van der Waals surface area contributed by atoms with Crippen molar-refractivity contribution in [3.63, 3.8) is 0 Å². The maximum absolute atomic E-state index is 10.6. The van der Waals surface area contributed by atoms with Crippen LogP contribution in [0, 0.1) is 0 Å². The molecule has 0 radical (unpaired) electrons. The monoisotopic (exact) mass is 166 g/mol. The Hall–Kier alpha value is -0.580. The van der Waals surface area contributed by atoms with Crippen molar-refractivity contribution in [2.45, 2.75) is 12.2 Å². The van der Waals surface area contributed by atoms with Crippen molar-refractivity contribution in [2.75, 3.05) is 13.4 Å². The Bertz CT molecular complexity index is 216. The average molecular weight is 166 g/mol. The molecule has 0 aromatic carbocycles. The van der Waals surface area contributed by atoms with E-state index in [-0.39, 0.29) is 0 Å². The first kappa shape index (κ1) is 9.42. The number of hydrogen-bond acceptors (Lipinski definition) is 4. The predicted molar refractivity (Wildman–Crippen MR) is 36.3 cm³/mol. The van der Waals surface area contributed by atoms with Crippen molar-refractivity contribution < 1.29 is 17.9 Å². The third kappa shape index (κ3) is 2.34. The first-order valence-electron chi connectivity index (χ1n) is 2.66. The van der Waals surface area contributed by atoms with Crippen LogP contribution in [0.4, 0.5) is 0 Å². The second-order valence-corrected chi connectivity index (χ2v) is 4.36. The minimum atomic E-state index is -3.29. The van der Waals surface area contributed by atoms with Gasteiger partial charge in [-0.25, -0.2) is 8.42 Å². The minimum absolute atomic E-state index is 0.720. The highest BCUT2D eigenvalue weighted by atomic mass is 32.2. The van der Waals surface area contributed by atoms with Crippen LogP contribution in [0.3, 0.4) is 0 Å². The van der Waals surface area contributed by atoms with Crippen molar-refractivity contribution in [3.8, 4) is 0 Å². The molecule has 5 heteroatoms. The largest absolute Gasteiger partial charge is 0.468 e. The molecule has 0 saturated heterocycles. The average Bonchev–Trinajstić information content (AvgIpc) is 1.83. The molecule has 10 heavy (non-hydrogen) atoms. The summed E-state index contributed by atoms with van der Waals surface area (Å²) in [5, 5.41) is -1.06. The van der Waals surface area contributed by atoms with E-state index in [1.54, 1.807) is 0 Å². The normalized spacial score (nSPS) is 14.3. The summed E-state index contributed by atoms with van der Waals surface area (Å²) in [6.07, 6.45) is 0.995. The lowest BCUT2D eigenvalue weighted by Crippen LogP contribution is -2.27. The maximum atomic E-state index is 10.6. The van der Waals surface area contributed by atoms with Crippen LogP contribution in [0.1, 0.15) is 6.92 Å². The van der Waals surface area contributed by atoms with Gasteiger partial charge in [-0.15, -0.1) is 0 Å². The van der Waals surface area contributed by atoms with E-state index >= 15 is 0 Å². The van der Waals surface area contributed by atoms with Gasteiger partial charge in [0.25, 0.3) is 0 Å². The zero-order chi connectivity index (χ0) is 8.36. The van der Waals surface area contributed by atoms with E-state index in [0.29, 0.717) is 0 Å². The SMILES string of the molecule is COC(=O)[C@@H](C)S(C)(=O)=O. The molecule has 0 aliphatic heterocycles. The Kier molecular flexibility index (Phi) is 2.83. The first-order chi connectivity index (χ1) is 4.39. The van der Waals surface area contributed by atoms with Crippen LogP contribution in [0.25, 0.3) is 0 Å². The molecular formula is C5H10O4S. The molecule has 0 fully saturated rings. The van der Waals surface area contributed by atoms with Gasteiger partial charge in [0, 0.05) is 6.26 Å². The maximum Gasteiger partial charge on any atom is 0.323 e. The van der Waals surface area contributed by atoms with E-state index in [9.17, 15) is 13.2 Å². The van der Waals surface area contributed by atoms with Crippen LogP contribution in [-0.2, 0) is 19.4 Å². The quantitative estimate of drug-likeness (QED) is 0.523. The number of hydrogen-bond donors (Lipinski definition) is 0. The number of carbonyl (C=O) groups excluding carboxylic acids is 1. The first-order valence-corrected chi connectivity index (χ1v) is 4.61. The Morgan fingerprint density at radius 1 is 1.50 bits per heavy atom. The Morgan fingerprint density at radius 3 is 2.00 bits per heavy atom. The van der Waals surface area contributed by atoms with Crippen molar-refractivity contribution >= 4 is 15.8 Å². The van der Waals surface area contributed by atoms with Crippen molar-refractivity contribution in [2.24, 2.45) is 0 Å². The van der Waals surface area contributed by atoms with Gasteiger partial charge in [-0.05, 0) is 6.92 Å². The van der Waals surface area contributed by atoms with Gasteiger partial charge in [0.15, 0.2) is 15.1 Å². The van der Waals surface area contributed by atoms with Crippen molar-refractivity contribution in [1.82, 2.24) is 0 Å². The lowest BCUT2D eigenvalue weighted by Gasteiger charge is -2.04. The summed E-state index contributed by atoms with van der Waals surface area (Å²) in [6.45, 7) is 1.29. The predicted octanol–water partition coefficient (Wildman–Crippen LogP) is -0.408. The Morgan fingerprint density at radius 2 is 1.90 bits per heavy atom. The lowest BCUT2D eigenvalue weighted by molar-refractivity contribution is -0.139. The zero-order valence-electron chi connectivity index (χ0n) is 6.12. The third-order valence-electron chi connectivity index (χ3n) is 1.18. The molecule has 4 nitrogen and oxygen atoms in total. The molecule has 0 spiro atoms. The summed E-state index contributed by atoms with van der Waals surface area (Å²) < 4.78 is 25.5. The number of sulfone groups is 1. The summed E-state index contributed by atoms with van der Waals surface area (Å²) in [5.74, 6) is -0.720. The molecule has 0 N–H and O–H groups in total. The number of methoxy groups -OCH3 is 1. The molecule has 60 valence electrons. The van der Waals surface area contributed by atoms with Gasteiger partial charge in [0.05, 0.1) is 7.11 Å². The fourth-order valence-electron chi connectivity index (χ4n) is 0.341. The van der Waals surface area contributed by atoms with E-state index in [1.807, 2.05) is 0 Å². The highest BCUT2D eigenvalue weighted by Crippen LogP contribution is 1.98. The Balaban J connectivity index is 4.39. The van der Waals surface area contributed by atoms with Crippen LogP contribution in [0.5, 0.6) is 0 Å². The number of ether oxygens (including phenoxy) is 1. The number of esters is 1. The summed E-state index contributed by atoms with van der Waals surface area (Å²) in [4.78, 5) is 10.6. The van der Waals surface area contributed by atoms with Crippen LogP contribution < -0.4 is 0 Å². The molecule has 0 rings (SSSR count). The van der Waals surface area contributed by atoms with Crippen LogP contribution >= 0.6 is 0 Å². The highest BCUT2D eigenvalue weighted by molar-refractivity contribution is 7.92. The van der Waals surface area contributed by atoms with Gasteiger partial charge in [-0.2, -0.15) is 0 Å². The standard InChI is InChI=1S/C5H10O4S/c1-4(5(6)9-2)10(3,7)8/h4H,1-3H3/t4-/m1/s1. The molecule has 0 aromatic heterocycles. The highest BCUT2D eigenvalue weighted by Gasteiger charge is 2.23. The molecule has 0 saturated carbocycles. The molecule has 0 unspecified atom stereocenters. The van der Waals surface area contributed by atoms with Crippen LogP contribution in [-0.4, -0.2) is 33.0 Å². The van der Waals surface area contributed by atoms with Gasteiger partial charge < -0.3 is 4.74 Å². The molecule has 0 bridgehead atoms. The minimum Gasteiger partial charge on any atom is -0.468 e. The second-order valence-electron chi connectivity index (χ2n) is 1.99. The van der Waals surface area contributed by atoms with Gasteiger partial charge >= 0.3 is 5.97 Å². The number of carbonyl (C=O) groups is 1. The topological polar surface area (TPSA) is 60.4 Å². The summed E-state index contributed by atoms with van der Waals surface area (Å²) in [5.41, 5.74) is 0. The van der Waals surface area contributed by atoms with Crippen molar-refractivity contribution in [3.05, 3.63) is 0 Å². The van der Waals surface area contributed by atoms with Gasteiger partial charge in [-0.1, -0.05) is 0 Å². The fraction of sp³-hybridized carbons (Fsp3) is 0.800. The van der Waals surface area contributed by atoms with Gasteiger partial charge in [-0.3, -0.25) is 4.79 Å². The molecule has 0 aliphatic carbocycles. The second kappa shape index (κ2) is 3.01. The molecule has 0 amide bonds. The van der Waals surface area contributed by atoms with E-state index in [1.165, 1.54) is 6.92 Å². The van der Waals surface area contributed by atoms with E-state index < -0.39 is 21.1 Å². The molecule has 0 heterocycles.